The van der Waals surface area contributed by atoms with Crippen LogP contribution >= 0.6 is 11.6 Å². The van der Waals surface area contributed by atoms with Gasteiger partial charge in [0, 0.05) is 36.5 Å². The summed E-state index contributed by atoms with van der Waals surface area (Å²) in [7, 11) is 1.71. The molecule has 0 spiro atoms. The molecule has 1 aromatic heterocycles. The molecular formula is C21H24ClN3O. The number of halogens is 1. The standard InChI is InChI=1S/C21H24ClN3O/c1-15-21(13-23-12-17-4-6-18(7-5-17)14-26-3)16(2)25(24-15)20-10-8-19(22)9-11-20/h4-11,23H,12-14H2,1-3H3. The summed E-state index contributed by atoms with van der Waals surface area (Å²) in [6.07, 6.45) is 0. The van der Waals surface area contributed by atoms with Crippen molar-refractivity contribution in [1.82, 2.24) is 15.1 Å². The SMILES string of the molecule is COCc1ccc(CNCc2c(C)nn(-c3ccc(Cl)cc3)c2C)cc1. The lowest BCUT2D eigenvalue weighted by molar-refractivity contribution is 0.185. The Balaban J connectivity index is 1.65. The lowest BCUT2D eigenvalue weighted by atomic mass is 10.1. The Morgan fingerprint density at radius 1 is 0.962 bits per heavy atom. The zero-order valence-corrected chi connectivity index (χ0v) is 16.2. The molecule has 3 aromatic rings. The summed E-state index contributed by atoms with van der Waals surface area (Å²) < 4.78 is 7.12. The highest BCUT2D eigenvalue weighted by Gasteiger charge is 2.12. The van der Waals surface area contributed by atoms with Crippen molar-refractivity contribution in [3.8, 4) is 5.69 Å². The molecule has 0 bridgehead atoms. The molecule has 0 atom stereocenters. The molecule has 2 aromatic carbocycles. The highest BCUT2D eigenvalue weighted by molar-refractivity contribution is 6.30. The van der Waals surface area contributed by atoms with Gasteiger partial charge in [0.05, 0.1) is 18.0 Å². The highest BCUT2D eigenvalue weighted by atomic mass is 35.5. The smallest absolute Gasteiger partial charge is 0.0713 e. The van der Waals surface area contributed by atoms with Crippen LogP contribution in [0.2, 0.25) is 5.02 Å². The van der Waals surface area contributed by atoms with Gasteiger partial charge in [-0.05, 0) is 49.2 Å². The van der Waals surface area contributed by atoms with Crippen LogP contribution in [0.4, 0.5) is 0 Å². The van der Waals surface area contributed by atoms with Crippen LogP contribution in [0.3, 0.4) is 0 Å². The molecular weight excluding hydrogens is 346 g/mol. The van der Waals surface area contributed by atoms with Gasteiger partial charge in [-0.25, -0.2) is 4.68 Å². The van der Waals surface area contributed by atoms with Crippen molar-refractivity contribution in [3.63, 3.8) is 0 Å². The summed E-state index contributed by atoms with van der Waals surface area (Å²) in [4.78, 5) is 0. The van der Waals surface area contributed by atoms with Crippen molar-refractivity contribution < 1.29 is 4.74 Å². The van der Waals surface area contributed by atoms with Crippen LogP contribution in [0.25, 0.3) is 5.69 Å². The Hall–Kier alpha value is -2.14. The molecule has 1 heterocycles. The van der Waals surface area contributed by atoms with E-state index in [9.17, 15) is 0 Å². The van der Waals surface area contributed by atoms with E-state index in [2.05, 4.69) is 48.5 Å². The van der Waals surface area contributed by atoms with Crippen LogP contribution in [0, 0.1) is 13.8 Å². The van der Waals surface area contributed by atoms with Crippen LogP contribution in [0.1, 0.15) is 28.1 Å². The van der Waals surface area contributed by atoms with Crippen molar-refractivity contribution in [2.24, 2.45) is 0 Å². The summed E-state index contributed by atoms with van der Waals surface area (Å²) in [5.41, 5.74) is 6.89. The minimum Gasteiger partial charge on any atom is -0.380 e. The monoisotopic (exact) mass is 369 g/mol. The summed E-state index contributed by atoms with van der Waals surface area (Å²) in [6, 6.07) is 16.2. The molecule has 0 unspecified atom stereocenters. The summed E-state index contributed by atoms with van der Waals surface area (Å²) in [6.45, 7) is 6.40. The molecule has 0 aliphatic rings. The third-order valence-electron chi connectivity index (χ3n) is 4.48. The van der Waals surface area contributed by atoms with Gasteiger partial charge in [0.2, 0.25) is 0 Å². The number of nitrogens with one attached hydrogen (secondary N) is 1. The van der Waals surface area contributed by atoms with Gasteiger partial charge in [-0.2, -0.15) is 5.10 Å². The molecule has 4 nitrogen and oxygen atoms in total. The molecule has 0 aliphatic carbocycles. The summed E-state index contributed by atoms with van der Waals surface area (Å²) >= 11 is 5.98. The number of ether oxygens (including phenoxy) is 1. The molecule has 3 rings (SSSR count). The number of hydrogen-bond donors (Lipinski definition) is 1. The normalized spacial score (nSPS) is 11.1. The topological polar surface area (TPSA) is 39.1 Å². The Labute approximate surface area is 159 Å². The van der Waals surface area contributed by atoms with Gasteiger partial charge in [0.25, 0.3) is 0 Å². The van der Waals surface area contributed by atoms with Gasteiger partial charge >= 0.3 is 0 Å². The van der Waals surface area contributed by atoms with Crippen LogP contribution < -0.4 is 5.32 Å². The van der Waals surface area contributed by atoms with Gasteiger partial charge < -0.3 is 10.1 Å². The fourth-order valence-corrected chi connectivity index (χ4v) is 3.14. The number of aryl methyl sites for hydroxylation is 1. The number of nitrogens with zero attached hydrogens (tertiary/aromatic N) is 2. The quantitative estimate of drug-likeness (QED) is 0.662. The van der Waals surface area contributed by atoms with Crippen LogP contribution in [0.5, 0.6) is 0 Å². The average Bonchev–Trinajstić information content (AvgIpc) is 2.92. The Bertz CT molecular complexity index is 854. The van der Waals surface area contributed by atoms with Gasteiger partial charge in [-0.15, -0.1) is 0 Å². The van der Waals surface area contributed by atoms with E-state index in [1.54, 1.807) is 7.11 Å². The molecule has 5 heteroatoms. The maximum atomic E-state index is 5.98. The predicted molar refractivity (Wildman–Crippen MR) is 106 cm³/mol. The van der Waals surface area contributed by atoms with E-state index in [1.165, 1.54) is 16.7 Å². The van der Waals surface area contributed by atoms with Crippen LogP contribution in [-0.4, -0.2) is 16.9 Å². The number of rotatable bonds is 7. The zero-order chi connectivity index (χ0) is 18.5. The van der Waals surface area contributed by atoms with Crippen LogP contribution in [-0.2, 0) is 24.4 Å². The lowest BCUT2D eigenvalue weighted by Crippen LogP contribution is -2.14. The highest BCUT2D eigenvalue weighted by Crippen LogP contribution is 2.19. The average molecular weight is 370 g/mol. The van der Waals surface area contributed by atoms with E-state index in [1.807, 2.05) is 28.9 Å². The Morgan fingerprint density at radius 2 is 1.62 bits per heavy atom. The van der Waals surface area contributed by atoms with Crippen molar-refractivity contribution >= 4 is 11.6 Å². The third-order valence-corrected chi connectivity index (χ3v) is 4.73. The molecule has 0 fully saturated rings. The second-order valence-electron chi connectivity index (χ2n) is 6.39. The lowest BCUT2D eigenvalue weighted by Gasteiger charge is -2.08. The van der Waals surface area contributed by atoms with Gasteiger partial charge in [-0.3, -0.25) is 0 Å². The predicted octanol–water partition coefficient (Wildman–Crippen LogP) is 4.58. The van der Waals surface area contributed by atoms with Gasteiger partial charge in [0.1, 0.15) is 0 Å². The minimum absolute atomic E-state index is 0.649. The summed E-state index contributed by atoms with van der Waals surface area (Å²) in [5.74, 6) is 0. The molecule has 0 saturated heterocycles. The largest absolute Gasteiger partial charge is 0.380 e. The minimum atomic E-state index is 0.649. The first-order valence-electron chi connectivity index (χ1n) is 8.67. The molecule has 0 amide bonds. The number of benzene rings is 2. The van der Waals surface area contributed by atoms with E-state index in [4.69, 9.17) is 16.3 Å². The molecule has 136 valence electrons. The molecule has 26 heavy (non-hydrogen) atoms. The van der Waals surface area contributed by atoms with Gasteiger partial charge in [-0.1, -0.05) is 35.9 Å². The Morgan fingerprint density at radius 3 is 2.27 bits per heavy atom. The number of aromatic nitrogens is 2. The third kappa shape index (κ3) is 4.33. The van der Waals surface area contributed by atoms with Crippen molar-refractivity contribution in [2.45, 2.75) is 33.5 Å². The second kappa shape index (κ2) is 8.49. The number of hydrogen-bond acceptors (Lipinski definition) is 3. The van der Waals surface area contributed by atoms with E-state index in [0.29, 0.717) is 6.61 Å². The number of methoxy groups -OCH3 is 1. The van der Waals surface area contributed by atoms with E-state index >= 15 is 0 Å². The van der Waals surface area contributed by atoms with E-state index in [0.717, 1.165) is 35.2 Å². The maximum absolute atomic E-state index is 5.98. The fourth-order valence-electron chi connectivity index (χ4n) is 3.02. The van der Waals surface area contributed by atoms with Crippen LogP contribution in [0.15, 0.2) is 48.5 Å². The van der Waals surface area contributed by atoms with Gasteiger partial charge in [0.15, 0.2) is 0 Å². The molecule has 0 saturated carbocycles. The van der Waals surface area contributed by atoms with Crippen molar-refractivity contribution in [2.75, 3.05) is 7.11 Å². The molecule has 0 radical (unpaired) electrons. The molecule has 0 aliphatic heterocycles. The van der Waals surface area contributed by atoms with E-state index in [-0.39, 0.29) is 0 Å². The fraction of sp³-hybridized carbons (Fsp3) is 0.286. The molecule has 1 N–H and O–H groups in total. The summed E-state index contributed by atoms with van der Waals surface area (Å²) in [5, 5.41) is 8.94. The van der Waals surface area contributed by atoms with Crippen molar-refractivity contribution in [3.05, 3.63) is 81.6 Å². The van der Waals surface area contributed by atoms with Crippen molar-refractivity contribution in [1.29, 1.82) is 0 Å². The zero-order valence-electron chi connectivity index (χ0n) is 15.4. The second-order valence-corrected chi connectivity index (χ2v) is 6.83. The Kier molecular flexibility index (Phi) is 6.09. The first-order valence-corrected chi connectivity index (χ1v) is 9.05. The first-order chi connectivity index (χ1) is 12.6. The first kappa shape index (κ1) is 18.6. The van der Waals surface area contributed by atoms with E-state index < -0.39 is 0 Å². The maximum Gasteiger partial charge on any atom is 0.0713 e.